The Kier molecular flexibility index (Phi) is 3.92. The molecule has 22 heavy (non-hydrogen) atoms. The van der Waals surface area contributed by atoms with Gasteiger partial charge in [-0.2, -0.15) is 0 Å². The number of aromatic nitrogens is 3. The van der Waals surface area contributed by atoms with Crippen molar-refractivity contribution in [3.8, 4) is 5.69 Å². The average Bonchev–Trinajstić information content (AvgIpc) is 2.79. The number of fused-ring (bicyclic) bond motifs is 1. The van der Waals surface area contributed by atoms with E-state index in [1.807, 2.05) is 0 Å². The molecule has 1 aliphatic heterocycles. The molecule has 2 aromatic rings. The van der Waals surface area contributed by atoms with Crippen molar-refractivity contribution in [2.45, 2.75) is 25.9 Å². The molecule has 1 aromatic heterocycles. The van der Waals surface area contributed by atoms with Crippen molar-refractivity contribution in [2.24, 2.45) is 0 Å². The van der Waals surface area contributed by atoms with Crippen LogP contribution in [-0.4, -0.2) is 27.0 Å². The molecule has 116 valence electrons. The Hall–Kier alpha value is -1.86. The van der Waals surface area contributed by atoms with Gasteiger partial charge in [0.05, 0.1) is 23.4 Å². The first kappa shape index (κ1) is 15.1. The number of halogens is 1. The molecular formula is C14H14ClN3O3S. The summed E-state index contributed by atoms with van der Waals surface area (Å²) in [5.74, 6) is -0.553. The number of benzene rings is 1. The number of hydrogen-bond donors (Lipinski definition) is 0. The van der Waals surface area contributed by atoms with Gasteiger partial charge in [-0.15, -0.1) is 0 Å². The zero-order chi connectivity index (χ0) is 15.9. The van der Waals surface area contributed by atoms with E-state index in [0.29, 0.717) is 17.0 Å². The summed E-state index contributed by atoms with van der Waals surface area (Å²) in [6.07, 6.45) is 1.94. The van der Waals surface area contributed by atoms with Crippen molar-refractivity contribution in [3.05, 3.63) is 44.0 Å². The lowest BCUT2D eigenvalue weighted by Gasteiger charge is -2.14. The van der Waals surface area contributed by atoms with Gasteiger partial charge < -0.3 is 4.74 Å². The smallest absolute Gasteiger partial charge is 0.349 e. The second kappa shape index (κ2) is 5.73. The Labute approximate surface area is 136 Å². The highest BCUT2D eigenvalue weighted by Gasteiger charge is 2.19. The van der Waals surface area contributed by atoms with Gasteiger partial charge >= 0.3 is 11.7 Å². The van der Waals surface area contributed by atoms with E-state index in [9.17, 15) is 9.59 Å². The molecule has 0 atom stereocenters. The van der Waals surface area contributed by atoms with Crippen molar-refractivity contribution in [1.82, 2.24) is 13.9 Å². The number of nitrogens with zero attached hydrogens (tertiary/aromatic N) is 3. The van der Waals surface area contributed by atoms with Crippen LogP contribution >= 0.6 is 23.8 Å². The average molecular weight is 340 g/mol. The van der Waals surface area contributed by atoms with Crippen LogP contribution < -0.4 is 5.69 Å². The fourth-order valence-electron chi connectivity index (χ4n) is 2.61. The monoisotopic (exact) mass is 339 g/mol. The zero-order valence-corrected chi connectivity index (χ0v) is 13.5. The second-order valence-corrected chi connectivity index (χ2v) is 5.78. The standard InChI is InChI=1S/C14H14ClN3O3S/c1-21-12(19)10-8-9(4-5-11(10)15)18-13(20)16-6-2-3-7-17(16)14(18)22/h4-5,8H,2-3,6-7H2,1H3. The van der Waals surface area contributed by atoms with Gasteiger partial charge in [-0.3, -0.25) is 4.68 Å². The van der Waals surface area contributed by atoms with Gasteiger partial charge in [0.1, 0.15) is 0 Å². The van der Waals surface area contributed by atoms with Gasteiger partial charge in [0.15, 0.2) is 0 Å². The molecule has 8 heteroatoms. The molecule has 2 heterocycles. The van der Waals surface area contributed by atoms with E-state index in [-0.39, 0.29) is 16.3 Å². The van der Waals surface area contributed by atoms with Crippen LogP contribution in [0.4, 0.5) is 0 Å². The predicted molar refractivity (Wildman–Crippen MR) is 84.4 cm³/mol. The highest BCUT2D eigenvalue weighted by atomic mass is 35.5. The Morgan fingerprint density at radius 1 is 1.27 bits per heavy atom. The molecule has 0 bridgehead atoms. The van der Waals surface area contributed by atoms with Gasteiger partial charge in [0.25, 0.3) is 0 Å². The summed E-state index contributed by atoms with van der Waals surface area (Å²) in [5.41, 5.74) is 0.508. The lowest BCUT2D eigenvalue weighted by molar-refractivity contribution is 0.0601. The number of rotatable bonds is 2. The van der Waals surface area contributed by atoms with E-state index in [4.69, 9.17) is 28.6 Å². The second-order valence-electron chi connectivity index (χ2n) is 5.01. The van der Waals surface area contributed by atoms with Gasteiger partial charge in [-0.25, -0.2) is 18.8 Å². The number of ether oxygens (including phenoxy) is 1. The van der Waals surface area contributed by atoms with Crippen LogP contribution in [0.1, 0.15) is 23.2 Å². The van der Waals surface area contributed by atoms with E-state index in [1.54, 1.807) is 21.5 Å². The molecule has 0 N–H and O–H groups in total. The Morgan fingerprint density at radius 3 is 2.59 bits per heavy atom. The molecule has 0 saturated carbocycles. The van der Waals surface area contributed by atoms with Crippen LogP contribution in [0.25, 0.3) is 5.69 Å². The first-order valence-corrected chi connectivity index (χ1v) is 7.64. The molecule has 6 nitrogen and oxygen atoms in total. The summed E-state index contributed by atoms with van der Waals surface area (Å²) in [6.45, 7) is 1.37. The highest BCUT2D eigenvalue weighted by molar-refractivity contribution is 7.71. The summed E-state index contributed by atoms with van der Waals surface area (Å²) in [5, 5.41) is 0.270. The third-order valence-electron chi connectivity index (χ3n) is 3.72. The van der Waals surface area contributed by atoms with Gasteiger partial charge in [-0.1, -0.05) is 11.6 Å². The van der Waals surface area contributed by atoms with Crippen LogP contribution in [0.3, 0.4) is 0 Å². The van der Waals surface area contributed by atoms with Crippen LogP contribution in [0, 0.1) is 4.77 Å². The largest absolute Gasteiger partial charge is 0.465 e. The zero-order valence-electron chi connectivity index (χ0n) is 11.9. The summed E-state index contributed by atoms with van der Waals surface area (Å²) >= 11 is 11.4. The molecule has 0 amide bonds. The molecule has 0 aliphatic carbocycles. The molecular weight excluding hydrogens is 326 g/mol. The summed E-state index contributed by atoms with van der Waals surface area (Å²) in [4.78, 5) is 24.3. The van der Waals surface area contributed by atoms with Crippen molar-refractivity contribution in [3.63, 3.8) is 0 Å². The van der Waals surface area contributed by atoms with Crippen LogP contribution in [0.15, 0.2) is 23.0 Å². The number of hydrogen-bond acceptors (Lipinski definition) is 4. The van der Waals surface area contributed by atoms with Crippen molar-refractivity contribution < 1.29 is 9.53 Å². The van der Waals surface area contributed by atoms with E-state index in [1.165, 1.54) is 17.7 Å². The maximum absolute atomic E-state index is 12.6. The predicted octanol–water partition coefficient (Wildman–Crippen LogP) is 2.40. The van der Waals surface area contributed by atoms with Gasteiger partial charge in [-0.05, 0) is 43.3 Å². The van der Waals surface area contributed by atoms with Crippen molar-refractivity contribution >= 4 is 29.8 Å². The minimum Gasteiger partial charge on any atom is -0.465 e. The maximum Gasteiger partial charge on any atom is 0.349 e. The van der Waals surface area contributed by atoms with E-state index >= 15 is 0 Å². The Morgan fingerprint density at radius 2 is 1.95 bits per heavy atom. The van der Waals surface area contributed by atoms with Gasteiger partial charge in [0, 0.05) is 13.1 Å². The minimum atomic E-state index is -0.553. The first-order valence-electron chi connectivity index (χ1n) is 6.85. The molecule has 1 aromatic carbocycles. The fourth-order valence-corrected chi connectivity index (χ4v) is 3.18. The molecule has 0 spiro atoms. The Bertz CT molecular complexity index is 828. The number of carbonyl (C=O) groups is 1. The lowest BCUT2D eigenvalue weighted by atomic mass is 10.2. The van der Waals surface area contributed by atoms with E-state index < -0.39 is 5.97 Å². The molecule has 0 unspecified atom stereocenters. The quantitative estimate of drug-likeness (QED) is 0.622. The van der Waals surface area contributed by atoms with Crippen LogP contribution in [-0.2, 0) is 17.8 Å². The molecule has 0 fully saturated rings. The summed E-state index contributed by atoms with van der Waals surface area (Å²) in [6, 6.07) is 4.75. The SMILES string of the molecule is COC(=O)c1cc(-n2c(=O)n3n(c2=S)CCCC3)ccc1Cl. The summed E-state index contributed by atoms with van der Waals surface area (Å²) in [7, 11) is 1.28. The van der Waals surface area contributed by atoms with Crippen molar-refractivity contribution in [1.29, 1.82) is 0 Å². The molecule has 0 radical (unpaired) electrons. The van der Waals surface area contributed by atoms with E-state index in [0.717, 1.165) is 19.4 Å². The third-order valence-corrected chi connectivity index (χ3v) is 4.44. The highest BCUT2D eigenvalue weighted by Crippen LogP contribution is 2.21. The number of esters is 1. The van der Waals surface area contributed by atoms with Crippen molar-refractivity contribution in [2.75, 3.05) is 7.11 Å². The first-order chi connectivity index (χ1) is 10.5. The lowest BCUT2D eigenvalue weighted by Crippen LogP contribution is -2.29. The minimum absolute atomic E-state index is 0.206. The maximum atomic E-state index is 12.6. The normalized spacial score (nSPS) is 13.7. The van der Waals surface area contributed by atoms with Gasteiger partial charge in [0.2, 0.25) is 4.77 Å². The summed E-state index contributed by atoms with van der Waals surface area (Å²) < 4.78 is 9.98. The number of carbonyl (C=O) groups excluding carboxylic acids is 1. The molecule has 1 aliphatic rings. The van der Waals surface area contributed by atoms with Crippen LogP contribution in [0.5, 0.6) is 0 Å². The topological polar surface area (TPSA) is 58.2 Å². The fraction of sp³-hybridized carbons (Fsp3) is 0.357. The van der Waals surface area contributed by atoms with E-state index in [2.05, 4.69) is 0 Å². The Balaban J connectivity index is 2.21. The van der Waals surface area contributed by atoms with Crippen LogP contribution in [0.2, 0.25) is 5.02 Å². The number of methoxy groups -OCH3 is 1. The molecule has 0 saturated heterocycles. The third kappa shape index (κ3) is 2.30. The molecule has 3 rings (SSSR count).